The number of amides is 1. The van der Waals surface area contributed by atoms with E-state index in [0.29, 0.717) is 22.6 Å². The number of nitrogens with zero attached hydrogens (tertiary/aromatic N) is 1. The van der Waals surface area contributed by atoms with Crippen molar-refractivity contribution in [2.75, 3.05) is 14.2 Å². The molecular formula is C17H18N2O3. The number of hydrogen-bond acceptors (Lipinski definition) is 4. The van der Waals surface area contributed by atoms with Crippen LogP contribution in [0.5, 0.6) is 11.5 Å². The van der Waals surface area contributed by atoms with Crippen molar-refractivity contribution in [2.24, 2.45) is 5.10 Å². The van der Waals surface area contributed by atoms with Gasteiger partial charge in [0.2, 0.25) is 0 Å². The molecule has 5 nitrogen and oxygen atoms in total. The number of carbonyl (C=O) groups is 1. The van der Waals surface area contributed by atoms with Crippen LogP contribution in [0.25, 0.3) is 0 Å². The van der Waals surface area contributed by atoms with E-state index in [0.717, 1.165) is 5.56 Å². The summed E-state index contributed by atoms with van der Waals surface area (Å²) in [4.78, 5) is 11.9. The summed E-state index contributed by atoms with van der Waals surface area (Å²) >= 11 is 0. The van der Waals surface area contributed by atoms with Crippen LogP contribution in [0.3, 0.4) is 0 Å². The molecule has 5 heteroatoms. The predicted octanol–water partition coefficient (Wildman–Crippen LogP) is 2.78. The lowest BCUT2D eigenvalue weighted by atomic mass is 10.1. The van der Waals surface area contributed by atoms with E-state index in [1.54, 1.807) is 44.6 Å². The van der Waals surface area contributed by atoms with Gasteiger partial charge in [0.25, 0.3) is 5.91 Å². The van der Waals surface area contributed by atoms with E-state index in [2.05, 4.69) is 10.5 Å². The number of methoxy groups -OCH3 is 2. The van der Waals surface area contributed by atoms with Crippen molar-refractivity contribution in [3.05, 3.63) is 59.2 Å². The lowest BCUT2D eigenvalue weighted by Gasteiger charge is -2.06. The first-order valence-electron chi connectivity index (χ1n) is 6.76. The summed E-state index contributed by atoms with van der Waals surface area (Å²) in [6.45, 7) is 1.97. The second kappa shape index (κ2) is 7.26. The molecule has 2 rings (SSSR count). The Morgan fingerprint density at radius 1 is 1.09 bits per heavy atom. The van der Waals surface area contributed by atoms with Crippen LogP contribution in [-0.4, -0.2) is 26.3 Å². The first-order valence-corrected chi connectivity index (χ1v) is 6.76. The minimum absolute atomic E-state index is 0.266. The van der Waals surface area contributed by atoms with E-state index in [1.807, 2.05) is 19.1 Å². The fourth-order valence-corrected chi connectivity index (χ4v) is 1.87. The molecule has 0 fully saturated rings. The molecule has 0 aliphatic rings. The molecule has 1 amide bonds. The molecule has 0 bridgehead atoms. The van der Waals surface area contributed by atoms with Gasteiger partial charge in [-0.15, -0.1) is 0 Å². The van der Waals surface area contributed by atoms with Crippen LogP contribution in [-0.2, 0) is 0 Å². The van der Waals surface area contributed by atoms with Crippen LogP contribution in [0.2, 0.25) is 0 Å². The Labute approximate surface area is 129 Å². The summed E-state index contributed by atoms with van der Waals surface area (Å²) in [5, 5.41) is 3.96. The lowest BCUT2D eigenvalue weighted by Crippen LogP contribution is -2.17. The molecule has 0 aliphatic carbocycles. The van der Waals surface area contributed by atoms with Gasteiger partial charge >= 0.3 is 0 Å². The molecular weight excluding hydrogens is 280 g/mol. The van der Waals surface area contributed by atoms with Gasteiger partial charge in [0.05, 0.1) is 20.4 Å². The number of rotatable bonds is 5. The molecule has 22 heavy (non-hydrogen) atoms. The molecule has 0 radical (unpaired) electrons. The number of hydrazone groups is 1. The van der Waals surface area contributed by atoms with Crippen LogP contribution in [0.4, 0.5) is 0 Å². The van der Waals surface area contributed by atoms with Crippen molar-refractivity contribution in [3.8, 4) is 11.5 Å². The summed E-state index contributed by atoms with van der Waals surface area (Å²) in [5.74, 6) is 1.07. The van der Waals surface area contributed by atoms with E-state index in [4.69, 9.17) is 9.47 Å². The van der Waals surface area contributed by atoms with Gasteiger partial charge in [0, 0.05) is 11.1 Å². The molecule has 0 heterocycles. The van der Waals surface area contributed by atoms with Crippen molar-refractivity contribution in [3.63, 3.8) is 0 Å². The van der Waals surface area contributed by atoms with Crippen molar-refractivity contribution >= 4 is 12.1 Å². The van der Waals surface area contributed by atoms with E-state index >= 15 is 0 Å². The number of ether oxygens (including phenoxy) is 2. The van der Waals surface area contributed by atoms with Crippen molar-refractivity contribution in [2.45, 2.75) is 6.92 Å². The maximum atomic E-state index is 11.9. The standard InChI is InChI=1S/C17H18N2O3/c1-12-4-6-13(7-5-12)17(20)19-18-11-14-10-15(21-2)8-9-16(14)22-3/h4-11H,1-3H3,(H,19,20). The van der Waals surface area contributed by atoms with Gasteiger partial charge in [-0.1, -0.05) is 17.7 Å². The van der Waals surface area contributed by atoms with Gasteiger partial charge in [-0.3, -0.25) is 4.79 Å². The van der Waals surface area contributed by atoms with Crippen LogP contribution >= 0.6 is 0 Å². The Morgan fingerprint density at radius 2 is 1.82 bits per heavy atom. The van der Waals surface area contributed by atoms with E-state index in [-0.39, 0.29) is 5.91 Å². The van der Waals surface area contributed by atoms with E-state index in [9.17, 15) is 4.79 Å². The molecule has 0 spiro atoms. The molecule has 0 saturated carbocycles. The second-order valence-corrected chi connectivity index (χ2v) is 4.67. The minimum Gasteiger partial charge on any atom is -0.497 e. The third-order valence-corrected chi connectivity index (χ3v) is 3.12. The Kier molecular flexibility index (Phi) is 5.14. The molecule has 0 atom stereocenters. The highest BCUT2D eigenvalue weighted by molar-refractivity contribution is 5.95. The van der Waals surface area contributed by atoms with Crippen LogP contribution in [0, 0.1) is 6.92 Å². The maximum Gasteiger partial charge on any atom is 0.271 e. The molecule has 114 valence electrons. The zero-order valence-corrected chi connectivity index (χ0v) is 12.8. The van der Waals surface area contributed by atoms with Crippen LogP contribution in [0.15, 0.2) is 47.6 Å². The van der Waals surface area contributed by atoms with E-state index in [1.165, 1.54) is 6.21 Å². The Morgan fingerprint density at radius 3 is 2.45 bits per heavy atom. The maximum absolute atomic E-state index is 11.9. The normalized spacial score (nSPS) is 10.5. The summed E-state index contributed by atoms with van der Waals surface area (Å²) in [7, 11) is 3.16. The fraction of sp³-hybridized carbons (Fsp3) is 0.176. The van der Waals surface area contributed by atoms with Crippen LogP contribution < -0.4 is 14.9 Å². The van der Waals surface area contributed by atoms with E-state index < -0.39 is 0 Å². The SMILES string of the molecule is COc1ccc(OC)c(C=NNC(=O)c2ccc(C)cc2)c1. The monoisotopic (exact) mass is 298 g/mol. The van der Waals surface area contributed by atoms with Gasteiger partial charge in [0.15, 0.2) is 0 Å². The quantitative estimate of drug-likeness (QED) is 0.682. The number of benzene rings is 2. The van der Waals surface area contributed by atoms with Crippen molar-refractivity contribution < 1.29 is 14.3 Å². The Hall–Kier alpha value is -2.82. The third kappa shape index (κ3) is 3.85. The summed E-state index contributed by atoms with van der Waals surface area (Å²) < 4.78 is 10.4. The molecule has 2 aromatic rings. The number of carbonyl (C=O) groups excluding carboxylic acids is 1. The highest BCUT2D eigenvalue weighted by Gasteiger charge is 2.05. The van der Waals surface area contributed by atoms with Gasteiger partial charge in [-0.2, -0.15) is 5.10 Å². The third-order valence-electron chi connectivity index (χ3n) is 3.12. The second-order valence-electron chi connectivity index (χ2n) is 4.67. The highest BCUT2D eigenvalue weighted by Crippen LogP contribution is 2.22. The Bertz CT molecular complexity index is 679. The molecule has 2 aromatic carbocycles. The molecule has 0 aromatic heterocycles. The van der Waals surface area contributed by atoms with Gasteiger partial charge in [0.1, 0.15) is 11.5 Å². The number of hydrogen-bond donors (Lipinski definition) is 1. The minimum atomic E-state index is -0.266. The Balaban J connectivity index is 2.08. The molecule has 0 aliphatic heterocycles. The van der Waals surface area contributed by atoms with Crippen LogP contribution in [0.1, 0.15) is 21.5 Å². The van der Waals surface area contributed by atoms with Crippen molar-refractivity contribution in [1.29, 1.82) is 0 Å². The average molecular weight is 298 g/mol. The average Bonchev–Trinajstić information content (AvgIpc) is 2.55. The summed E-state index contributed by atoms with van der Waals surface area (Å²) in [6, 6.07) is 12.6. The van der Waals surface area contributed by atoms with Gasteiger partial charge in [-0.05, 0) is 37.3 Å². The molecule has 1 N–H and O–H groups in total. The first kappa shape index (κ1) is 15.6. The summed E-state index contributed by atoms with van der Waals surface area (Å²) in [5.41, 5.74) is 4.86. The number of nitrogens with one attached hydrogen (secondary N) is 1. The topological polar surface area (TPSA) is 59.9 Å². The van der Waals surface area contributed by atoms with Gasteiger partial charge in [-0.25, -0.2) is 5.43 Å². The molecule has 0 unspecified atom stereocenters. The lowest BCUT2D eigenvalue weighted by molar-refractivity contribution is 0.0955. The molecule has 0 saturated heterocycles. The fourth-order valence-electron chi connectivity index (χ4n) is 1.87. The zero-order valence-electron chi connectivity index (χ0n) is 12.8. The summed E-state index contributed by atoms with van der Waals surface area (Å²) in [6.07, 6.45) is 1.52. The first-order chi connectivity index (χ1) is 10.6. The zero-order chi connectivity index (χ0) is 15.9. The highest BCUT2D eigenvalue weighted by atomic mass is 16.5. The van der Waals surface area contributed by atoms with Gasteiger partial charge < -0.3 is 9.47 Å². The largest absolute Gasteiger partial charge is 0.497 e. The smallest absolute Gasteiger partial charge is 0.271 e. The van der Waals surface area contributed by atoms with Crippen molar-refractivity contribution in [1.82, 2.24) is 5.43 Å². The predicted molar refractivity (Wildman–Crippen MR) is 85.8 cm³/mol. The number of aryl methyl sites for hydroxylation is 1.